The summed E-state index contributed by atoms with van der Waals surface area (Å²) in [6, 6.07) is -1.03. The first-order valence-corrected chi connectivity index (χ1v) is 6.93. The third kappa shape index (κ3) is 3.07. The lowest BCUT2D eigenvalue weighted by Crippen LogP contribution is -2.60. The van der Waals surface area contributed by atoms with E-state index in [4.69, 9.17) is 14.9 Å². The molecule has 0 radical (unpaired) electrons. The molecule has 22 heavy (non-hydrogen) atoms. The van der Waals surface area contributed by atoms with Gasteiger partial charge < -0.3 is 35.2 Å². The maximum Gasteiger partial charge on any atom is 0.370 e. The Morgan fingerprint density at radius 1 is 1.45 bits per heavy atom. The monoisotopic (exact) mass is 317 g/mol. The molecule has 0 bridgehead atoms. The van der Waals surface area contributed by atoms with Crippen LogP contribution >= 0.6 is 0 Å². The van der Waals surface area contributed by atoms with E-state index in [1.54, 1.807) is 0 Å². The van der Waals surface area contributed by atoms with Crippen molar-refractivity contribution in [3.8, 4) is 0 Å². The lowest BCUT2D eigenvalue weighted by atomic mass is 9.92. The second-order valence-electron chi connectivity index (χ2n) is 5.33. The first kappa shape index (κ1) is 16.7. The standard InChI is InChI=1S/C13H19NO8/c15-5-7(17)11(19)12-10(14-3-1-2-9(14)18)6(16)4-8(22-12)13(20)21/h4,6-7,10-12,15-17,19H,1-3,5H2,(H,20,21)/t6-,7?,10+,11+,12+/m0/s1. The summed E-state index contributed by atoms with van der Waals surface area (Å²) in [5, 5.41) is 47.7. The minimum absolute atomic E-state index is 0.254. The fourth-order valence-electron chi connectivity index (χ4n) is 2.77. The van der Waals surface area contributed by atoms with Crippen LogP contribution < -0.4 is 0 Å². The van der Waals surface area contributed by atoms with E-state index in [-0.39, 0.29) is 12.3 Å². The second kappa shape index (κ2) is 6.61. The number of carbonyl (C=O) groups is 2. The number of nitrogens with zero attached hydrogens (tertiary/aromatic N) is 1. The normalized spacial score (nSPS) is 31.5. The predicted octanol–water partition coefficient (Wildman–Crippen LogP) is -2.58. The molecule has 2 aliphatic heterocycles. The quantitative estimate of drug-likeness (QED) is 0.371. The molecule has 0 aromatic carbocycles. The van der Waals surface area contributed by atoms with Crippen molar-refractivity contribution in [2.24, 2.45) is 0 Å². The van der Waals surface area contributed by atoms with E-state index in [1.165, 1.54) is 4.90 Å². The third-order valence-electron chi connectivity index (χ3n) is 3.87. The van der Waals surface area contributed by atoms with E-state index >= 15 is 0 Å². The van der Waals surface area contributed by atoms with Gasteiger partial charge in [0.25, 0.3) is 0 Å². The summed E-state index contributed by atoms with van der Waals surface area (Å²) in [7, 11) is 0. The van der Waals surface area contributed by atoms with E-state index in [1.807, 2.05) is 0 Å². The maximum absolute atomic E-state index is 11.9. The van der Waals surface area contributed by atoms with Crippen LogP contribution in [0.3, 0.4) is 0 Å². The van der Waals surface area contributed by atoms with Crippen molar-refractivity contribution in [1.82, 2.24) is 4.90 Å². The Hall–Kier alpha value is -1.68. The van der Waals surface area contributed by atoms with Gasteiger partial charge in [-0.2, -0.15) is 0 Å². The van der Waals surface area contributed by atoms with Crippen LogP contribution in [0.25, 0.3) is 0 Å². The Balaban J connectivity index is 2.33. The number of carboxylic acid groups (broad SMARTS) is 1. The summed E-state index contributed by atoms with van der Waals surface area (Å²) in [5.74, 6) is -2.28. The molecule has 2 heterocycles. The topological polar surface area (TPSA) is 148 Å². The van der Waals surface area contributed by atoms with E-state index in [0.29, 0.717) is 13.0 Å². The second-order valence-corrected chi connectivity index (χ2v) is 5.33. The molecule has 1 fully saturated rings. The smallest absolute Gasteiger partial charge is 0.370 e. The summed E-state index contributed by atoms with van der Waals surface area (Å²) in [4.78, 5) is 24.2. The van der Waals surface area contributed by atoms with Crippen molar-refractivity contribution in [1.29, 1.82) is 0 Å². The van der Waals surface area contributed by atoms with Crippen molar-refractivity contribution >= 4 is 11.9 Å². The Morgan fingerprint density at radius 3 is 2.64 bits per heavy atom. The highest BCUT2D eigenvalue weighted by Gasteiger charge is 2.47. The number of carbonyl (C=O) groups excluding carboxylic acids is 1. The molecule has 1 saturated heterocycles. The van der Waals surface area contributed by atoms with Gasteiger partial charge in [0.1, 0.15) is 24.4 Å². The minimum Gasteiger partial charge on any atom is -0.478 e. The van der Waals surface area contributed by atoms with Crippen LogP contribution in [0.5, 0.6) is 0 Å². The molecule has 2 aliphatic rings. The highest BCUT2D eigenvalue weighted by Crippen LogP contribution is 2.29. The van der Waals surface area contributed by atoms with Gasteiger partial charge in [0, 0.05) is 13.0 Å². The Labute approximate surface area is 126 Å². The average molecular weight is 317 g/mol. The first-order valence-electron chi connectivity index (χ1n) is 6.93. The zero-order chi connectivity index (χ0) is 16.4. The zero-order valence-electron chi connectivity index (χ0n) is 11.7. The van der Waals surface area contributed by atoms with Gasteiger partial charge in [0.05, 0.1) is 6.61 Å². The van der Waals surface area contributed by atoms with Gasteiger partial charge in [-0.15, -0.1) is 0 Å². The van der Waals surface area contributed by atoms with Crippen LogP contribution in [0.2, 0.25) is 0 Å². The molecule has 5 atom stereocenters. The minimum atomic E-state index is -1.67. The van der Waals surface area contributed by atoms with E-state index in [0.717, 1.165) is 6.08 Å². The summed E-state index contributed by atoms with van der Waals surface area (Å²) >= 11 is 0. The van der Waals surface area contributed by atoms with Crippen LogP contribution in [-0.2, 0) is 14.3 Å². The first-order chi connectivity index (χ1) is 10.4. The largest absolute Gasteiger partial charge is 0.478 e. The summed E-state index contributed by atoms with van der Waals surface area (Å²) in [5.41, 5.74) is 0. The zero-order valence-corrected chi connectivity index (χ0v) is 11.7. The van der Waals surface area contributed by atoms with Gasteiger partial charge >= 0.3 is 5.97 Å². The lowest BCUT2D eigenvalue weighted by Gasteiger charge is -2.42. The van der Waals surface area contributed by atoms with Gasteiger partial charge in [-0.25, -0.2) is 4.79 Å². The van der Waals surface area contributed by atoms with Crippen LogP contribution in [0.15, 0.2) is 11.8 Å². The number of aliphatic hydroxyl groups excluding tert-OH is 4. The number of ether oxygens (including phenoxy) is 1. The summed E-state index contributed by atoms with van der Waals surface area (Å²) in [6.45, 7) is -0.442. The van der Waals surface area contributed by atoms with Crippen LogP contribution in [0.1, 0.15) is 12.8 Å². The van der Waals surface area contributed by atoms with E-state index in [9.17, 15) is 24.9 Å². The van der Waals surface area contributed by atoms with Gasteiger partial charge in [-0.1, -0.05) is 0 Å². The SMILES string of the molecule is O=C(O)C1=C[C@H](O)[C@@H](N2CCCC2=O)[C@H]([C@H](O)C(O)CO)O1. The summed E-state index contributed by atoms with van der Waals surface area (Å²) in [6.07, 6.45) is -4.19. The highest BCUT2D eigenvalue weighted by atomic mass is 16.5. The van der Waals surface area contributed by atoms with Crippen LogP contribution in [0.4, 0.5) is 0 Å². The molecule has 5 N–H and O–H groups in total. The number of hydrogen-bond acceptors (Lipinski definition) is 7. The van der Waals surface area contributed by atoms with E-state index in [2.05, 4.69) is 0 Å². The molecule has 0 spiro atoms. The van der Waals surface area contributed by atoms with Gasteiger partial charge in [0.2, 0.25) is 11.7 Å². The molecule has 9 heteroatoms. The highest BCUT2D eigenvalue weighted by molar-refractivity contribution is 5.85. The lowest BCUT2D eigenvalue weighted by molar-refractivity contribution is -0.160. The molecule has 124 valence electrons. The molecule has 1 amide bonds. The molecular weight excluding hydrogens is 298 g/mol. The molecule has 1 unspecified atom stereocenters. The Morgan fingerprint density at radius 2 is 2.14 bits per heavy atom. The number of aliphatic carboxylic acids is 1. The average Bonchev–Trinajstić information content (AvgIpc) is 2.90. The van der Waals surface area contributed by atoms with Gasteiger partial charge in [0.15, 0.2) is 6.10 Å². The Kier molecular flexibility index (Phi) is 5.01. The number of likely N-dealkylation sites (tertiary alicyclic amines) is 1. The van der Waals surface area contributed by atoms with Crippen molar-refractivity contribution in [3.05, 3.63) is 11.8 Å². The van der Waals surface area contributed by atoms with Crippen molar-refractivity contribution in [3.63, 3.8) is 0 Å². The summed E-state index contributed by atoms with van der Waals surface area (Å²) < 4.78 is 5.16. The number of aliphatic hydroxyl groups is 4. The van der Waals surface area contributed by atoms with E-state index < -0.39 is 48.8 Å². The number of hydrogen-bond donors (Lipinski definition) is 5. The predicted molar refractivity (Wildman–Crippen MR) is 70.4 cm³/mol. The fourth-order valence-corrected chi connectivity index (χ4v) is 2.77. The number of carboxylic acids is 1. The third-order valence-corrected chi connectivity index (χ3v) is 3.87. The number of rotatable bonds is 5. The maximum atomic E-state index is 11.9. The molecule has 0 aliphatic carbocycles. The molecule has 2 rings (SSSR count). The molecule has 0 aromatic rings. The molecule has 0 saturated carbocycles. The van der Waals surface area contributed by atoms with Gasteiger partial charge in [-0.3, -0.25) is 4.79 Å². The Bertz CT molecular complexity index is 479. The molecule has 9 nitrogen and oxygen atoms in total. The van der Waals surface area contributed by atoms with Crippen molar-refractivity contribution in [2.45, 2.75) is 43.3 Å². The van der Waals surface area contributed by atoms with Crippen LogP contribution in [0, 0.1) is 0 Å². The van der Waals surface area contributed by atoms with Crippen molar-refractivity contribution < 1.29 is 39.9 Å². The fraction of sp³-hybridized carbons (Fsp3) is 0.692. The van der Waals surface area contributed by atoms with Gasteiger partial charge in [-0.05, 0) is 12.5 Å². The van der Waals surface area contributed by atoms with Crippen LogP contribution in [-0.4, -0.2) is 85.9 Å². The molecular formula is C13H19NO8. The van der Waals surface area contributed by atoms with Crippen molar-refractivity contribution in [2.75, 3.05) is 13.2 Å². The number of amides is 1. The molecule has 0 aromatic heterocycles.